The van der Waals surface area contributed by atoms with E-state index < -0.39 is 0 Å². The molecule has 7 heteroatoms. The van der Waals surface area contributed by atoms with E-state index in [1.165, 1.54) is 24.8 Å². The minimum Gasteiger partial charge on any atom is -0.497 e. The summed E-state index contributed by atoms with van der Waals surface area (Å²) in [7, 11) is 1.71. The Morgan fingerprint density at radius 3 is 2.46 bits per heavy atom. The van der Waals surface area contributed by atoms with Crippen LogP contribution in [0.3, 0.4) is 0 Å². The number of ether oxygens (including phenoxy) is 2. The van der Waals surface area contributed by atoms with E-state index >= 15 is 0 Å². The molecule has 1 atom stereocenters. The van der Waals surface area contributed by atoms with E-state index in [1.54, 1.807) is 7.11 Å². The molecule has 2 N–H and O–H groups in total. The summed E-state index contributed by atoms with van der Waals surface area (Å²) in [5, 5.41) is 7.55. The zero-order valence-electron chi connectivity index (χ0n) is 17.0. The van der Waals surface area contributed by atoms with Gasteiger partial charge in [-0.2, -0.15) is 0 Å². The molecule has 1 aromatic carbocycles. The molecule has 1 unspecified atom stereocenters. The third-order valence-corrected chi connectivity index (χ3v) is 5.89. The Morgan fingerprint density at radius 2 is 1.79 bits per heavy atom. The number of likely N-dealkylation sites (tertiary alicyclic amines) is 1. The van der Waals surface area contributed by atoms with Gasteiger partial charge in [-0.1, -0.05) is 18.6 Å². The number of hydrogen-bond acceptors (Lipinski definition) is 5. The third kappa shape index (κ3) is 6.58. The molecule has 2 aliphatic rings. The summed E-state index contributed by atoms with van der Waals surface area (Å²) in [6.45, 7) is 8.67. The van der Waals surface area contributed by atoms with E-state index in [0.717, 1.165) is 69.9 Å². The van der Waals surface area contributed by atoms with Crippen molar-refractivity contribution in [3.05, 3.63) is 29.8 Å². The lowest BCUT2D eigenvalue weighted by Gasteiger charge is -2.35. The highest BCUT2D eigenvalue weighted by Gasteiger charge is 2.22. The highest BCUT2D eigenvalue weighted by atomic mass is 32.1. The second-order valence-corrected chi connectivity index (χ2v) is 7.88. The van der Waals surface area contributed by atoms with Crippen LogP contribution in [-0.4, -0.2) is 81.0 Å². The molecule has 0 saturated carbocycles. The molecule has 0 radical (unpaired) electrons. The van der Waals surface area contributed by atoms with Crippen molar-refractivity contribution in [3.8, 4) is 5.75 Å². The molecular weight excluding hydrogens is 372 g/mol. The van der Waals surface area contributed by atoms with Crippen molar-refractivity contribution < 1.29 is 9.47 Å². The number of hydrogen-bond donors (Lipinski definition) is 2. The molecule has 2 saturated heterocycles. The molecule has 2 fully saturated rings. The maximum Gasteiger partial charge on any atom is 0.166 e. The summed E-state index contributed by atoms with van der Waals surface area (Å²) in [5.41, 5.74) is 1.31. The zero-order valence-corrected chi connectivity index (χ0v) is 17.8. The number of piperidine rings is 1. The quantitative estimate of drug-likeness (QED) is 0.641. The summed E-state index contributed by atoms with van der Waals surface area (Å²) in [6, 6.07) is 8.77. The maximum atomic E-state index is 5.53. The lowest BCUT2D eigenvalue weighted by atomic mass is 10.0. The Kier molecular flexibility index (Phi) is 8.79. The minimum absolute atomic E-state index is 0.324. The van der Waals surface area contributed by atoms with Gasteiger partial charge in [0.1, 0.15) is 5.75 Å². The van der Waals surface area contributed by atoms with Crippen molar-refractivity contribution in [2.45, 2.75) is 25.3 Å². The lowest BCUT2D eigenvalue weighted by molar-refractivity contribution is 0.0389. The molecule has 0 aliphatic carbocycles. The monoisotopic (exact) mass is 406 g/mol. The molecule has 2 aliphatic heterocycles. The Hall–Kier alpha value is -1.41. The second kappa shape index (κ2) is 11.6. The highest BCUT2D eigenvalue weighted by molar-refractivity contribution is 7.80. The fourth-order valence-electron chi connectivity index (χ4n) is 3.92. The number of rotatable bonds is 8. The Morgan fingerprint density at radius 1 is 1.07 bits per heavy atom. The van der Waals surface area contributed by atoms with Gasteiger partial charge in [-0.15, -0.1) is 0 Å². The molecular formula is C21H34N4O2S. The molecule has 28 heavy (non-hydrogen) atoms. The number of nitrogens with zero attached hydrogens (tertiary/aromatic N) is 2. The van der Waals surface area contributed by atoms with E-state index in [9.17, 15) is 0 Å². The normalized spacial score (nSPS) is 19.8. The molecule has 0 bridgehead atoms. The molecule has 156 valence electrons. The second-order valence-electron chi connectivity index (χ2n) is 7.48. The number of thiocarbonyl (C=S) groups is 1. The minimum atomic E-state index is 0.324. The van der Waals surface area contributed by atoms with E-state index in [2.05, 4.69) is 32.6 Å². The largest absolute Gasteiger partial charge is 0.497 e. The molecule has 1 aromatic rings. The first-order valence-electron chi connectivity index (χ1n) is 10.5. The van der Waals surface area contributed by atoms with Crippen LogP contribution in [0.15, 0.2) is 24.3 Å². The van der Waals surface area contributed by atoms with Crippen LogP contribution in [-0.2, 0) is 4.74 Å². The van der Waals surface area contributed by atoms with Gasteiger partial charge in [0.25, 0.3) is 0 Å². The number of nitrogens with one attached hydrogen (secondary N) is 2. The van der Waals surface area contributed by atoms with Crippen molar-refractivity contribution in [3.63, 3.8) is 0 Å². The van der Waals surface area contributed by atoms with Gasteiger partial charge in [-0.3, -0.25) is 9.80 Å². The van der Waals surface area contributed by atoms with Crippen LogP contribution in [0, 0.1) is 0 Å². The van der Waals surface area contributed by atoms with Gasteiger partial charge in [-0.25, -0.2) is 0 Å². The van der Waals surface area contributed by atoms with Gasteiger partial charge in [0.05, 0.1) is 26.4 Å². The maximum absolute atomic E-state index is 5.53. The summed E-state index contributed by atoms with van der Waals surface area (Å²) in [4.78, 5) is 4.99. The zero-order chi connectivity index (χ0) is 19.6. The predicted molar refractivity (Wildman–Crippen MR) is 117 cm³/mol. The van der Waals surface area contributed by atoms with Crippen molar-refractivity contribution in [1.82, 2.24) is 20.4 Å². The fourth-order valence-corrected chi connectivity index (χ4v) is 4.10. The first kappa shape index (κ1) is 21.3. The van der Waals surface area contributed by atoms with Gasteiger partial charge in [0.2, 0.25) is 0 Å². The van der Waals surface area contributed by atoms with Gasteiger partial charge in [-0.05, 0) is 55.8 Å². The topological polar surface area (TPSA) is 49.0 Å². The van der Waals surface area contributed by atoms with Crippen LogP contribution in [0.4, 0.5) is 0 Å². The standard InChI is InChI=1S/C21H34N4O2S/c1-26-19-7-5-18(6-8-19)20(25-10-3-2-4-11-25)17-23-21(28)22-9-12-24-13-15-27-16-14-24/h5-8,20H,2-4,9-17H2,1H3,(H2,22,23,28). The smallest absolute Gasteiger partial charge is 0.166 e. The number of morpholine rings is 1. The van der Waals surface area contributed by atoms with Crippen molar-refractivity contribution in [1.29, 1.82) is 0 Å². The molecule has 3 rings (SSSR count). The van der Waals surface area contributed by atoms with Crippen LogP contribution in [0.1, 0.15) is 30.9 Å². The predicted octanol–water partition coefficient (Wildman–Crippen LogP) is 2.02. The van der Waals surface area contributed by atoms with Gasteiger partial charge >= 0.3 is 0 Å². The molecule has 0 amide bonds. The summed E-state index contributed by atoms with van der Waals surface area (Å²) < 4.78 is 10.7. The first-order chi connectivity index (χ1) is 13.8. The van der Waals surface area contributed by atoms with Gasteiger partial charge < -0.3 is 20.1 Å². The summed E-state index contributed by atoms with van der Waals surface area (Å²) in [6.07, 6.45) is 3.88. The van der Waals surface area contributed by atoms with Crippen molar-refractivity contribution in [2.24, 2.45) is 0 Å². The highest BCUT2D eigenvalue weighted by Crippen LogP contribution is 2.25. The average Bonchev–Trinajstić information content (AvgIpc) is 2.76. The Bertz CT molecular complexity index is 587. The van der Waals surface area contributed by atoms with Gasteiger partial charge in [0, 0.05) is 32.7 Å². The van der Waals surface area contributed by atoms with Crippen molar-refractivity contribution >= 4 is 17.3 Å². The molecule has 2 heterocycles. The van der Waals surface area contributed by atoms with Crippen LogP contribution < -0.4 is 15.4 Å². The molecule has 0 spiro atoms. The average molecular weight is 407 g/mol. The van der Waals surface area contributed by atoms with Crippen LogP contribution in [0.5, 0.6) is 5.75 Å². The first-order valence-corrected chi connectivity index (χ1v) is 10.9. The Balaban J connectivity index is 1.49. The summed E-state index contributed by atoms with van der Waals surface area (Å²) >= 11 is 5.53. The van der Waals surface area contributed by atoms with E-state index in [0.29, 0.717) is 6.04 Å². The summed E-state index contributed by atoms with van der Waals surface area (Å²) in [5.74, 6) is 0.898. The van der Waals surface area contributed by atoms with E-state index in [1.807, 2.05) is 12.1 Å². The fraction of sp³-hybridized carbons (Fsp3) is 0.667. The molecule has 6 nitrogen and oxygen atoms in total. The third-order valence-electron chi connectivity index (χ3n) is 5.61. The number of benzene rings is 1. The van der Waals surface area contributed by atoms with Crippen LogP contribution in [0.25, 0.3) is 0 Å². The number of methoxy groups -OCH3 is 1. The SMILES string of the molecule is COc1ccc(C(CNC(=S)NCCN2CCOCC2)N2CCCCC2)cc1. The van der Waals surface area contributed by atoms with Crippen molar-refractivity contribution in [2.75, 3.05) is 66.1 Å². The van der Waals surface area contributed by atoms with Gasteiger partial charge in [0.15, 0.2) is 5.11 Å². The lowest BCUT2D eigenvalue weighted by Crippen LogP contribution is -2.46. The van der Waals surface area contributed by atoms with Crippen LogP contribution in [0.2, 0.25) is 0 Å². The van der Waals surface area contributed by atoms with E-state index in [4.69, 9.17) is 21.7 Å². The van der Waals surface area contributed by atoms with E-state index in [-0.39, 0.29) is 0 Å². The molecule has 0 aromatic heterocycles. The van der Waals surface area contributed by atoms with Crippen LogP contribution >= 0.6 is 12.2 Å². The Labute approximate surface area is 174 Å².